The first-order valence-electron chi connectivity index (χ1n) is 5.51. The number of sulfone groups is 1. The summed E-state index contributed by atoms with van der Waals surface area (Å²) >= 11 is 0. The average molecular weight is 255 g/mol. The smallest absolute Gasteiger partial charge is 0.177 e. The van der Waals surface area contributed by atoms with Gasteiger partial charge in [-0.15, -0.1) is 0 Å². The molecule has 1 aromatic carbocycles. The van der Waals surface area contributed by atoms with Gasteiger partial charge in [-0.1, -0.05) is 19.1 Å². The van der Waals surface area contributed by atoms with Crippen LogP contribution in [0, 0.1) is 5.41 Å². The molecule has 0 atom stereocenters. The van der Waals surface area contributed by atoms with Crippen molar-refractivity contribution in [2.24, 2.45) is 5.41 Å². The first-order valence-corrected chi connectivity index (χ1v) is 7.41. The summed E-state index contributed by atoms with van der Waals surface area (Å²) in [6.45, 7) is 4.29. The van der Waals surface area contributed by atoms with Crippen molar-refractivity contribution in [2.45, 2.75) is 11.8 Å². The molecule has 0 aliphatic carbocycles. The molecule has 94 valence electrons. The van der Waals surface area contributed by atoms with Crippen LogP contribution >= 0.6 is 0 Å². The molecule has 1 aliphatic heterocycles. The summed E-state index contributed by atoms with van der Waals surface area (Å²) in [5, 5.41) is 3.20. The van der Waals surface area contributed by atoms with Gasteiger partial charge in [0.25, 0.3) is 0 Å². The van der Waals surface area contributed by atoms with Crippen LogP contribution in [0.4, 0.5) is 5.69 Å². The molecule has 2 rings (SSSR count). The van der Waals surface area contributed by atoms with Crippen LogP contribution in [0.15, 0.2) is 29.2 Å². The topological polar surface area (TPSA) is 55.4 Å². The van der Waals surface area contributed by atoms with E-state index < -0.39 is 9.84 Å². The van der Waals surface area contributed by atoms with Gasteiger partial charge in [0.05, 0.1) is 23.8 Å². The average Bonchev–Trinajstić information content (AvgIpc) is 2.23. The Morgan fingerprint density at radius 3 is 2.53 bits per heavy atom. The fraction of sp³-hybridized carbons (Fsp3) is 0.500. The van der Waals surface area contributed by atoms with Crippen molar-refractivity contribution in [3.05, 3.63) is 24.3 Å². The molecule has 1 aliphatic rings. The first kappa shape index (κ1) is 12.4. The van der Waals surface area contributed by atoms with Gasteiger partial charge in [0.1, 0.15) is 0 Å². The van der Waals surface area contributed by atoms with Gasteiger partial charge in [0.15, 0.2) is 9.84 Å². The molecular formula is C12H17NO3S. The van der Waals surface area contributed by atoms with Crippen molar-refractivity contribution in [3.8, 4) is 0 Å². The SMILES string of the molecule is CC1(CNc2ccccc2S(C)(=O)=O)COC1. The number of ether oxygens (including phenoxy) is 1. The molecule has 5 heteroatoms. The third-order valence-corrected chi connectivity index (χ3v) is 4.05. The number of hydrogen-bond donors (Lipinski definition) is 1. The third kappa shape index (κ3) is 2.79. The van der Waals surface area contributed by atoms with Crippen molar-refractivity contribution in [3.63, 3.8) is 0 Å². The number of hydrogen-bond acceptors (Lipinski definition) is 4. The third-order valence-electron chi connectivity index (χ3n) is 2.89. The van der Waals surface area contributed by atoms with E-state index in [0.717, 1.165) is 19.8 Å². The Bertz CT molecular complexity index is 506. The summed E-state index contributed by atoms with van der Waals surface area (Å²) in [6, 6.07) is 6.98. The Hall–Kier alpha value is -1.07. The van der Waals surface area contributed by atoms with Crippen molar-refractivity contribution < 1.29 is 13.2 Å². The molecule has 4 nitrogen and oxygen atoms in total. The number of rotatable bonds is 4. The van der Waals surface area contributed by atoms with E-state index in [1.54, 1.807) is 18.2 Å². The van der Waals surface area contributed by atoms with Crippen LogP contribution in [0.25, 0.3) is 0 Å². The molecular weight excluding hydrogens is 238 g/mol. The predicted molar refractivity (Wildman–Crippen MR) is 67.0 cm³/mol. The standard InChI is InChI=1S/C12H17NO3S/c1-12(8-16-9-12)7-13-10-5-3-4-6-11(10)17(2,14)15/h3-6,13H,7-9H2,1-2H3. The van der Waals surface area contributed by atoms with Crippen LogP contribution < -0.4 is 5.32 Å². The number of para-hydroxylation sites is 1. The lowest BCUT2D eigenvalue weighted by Gasteiger charge is -2.38. The molecule has 0 unspecified atom stereocenters. The van der Waals surface area contributed by atoms with Crippen molar-refractivity contribution in [1.82, 2.24) is 0 Å². The van der Waals surface area contributed by atoms with E-state index in [1.165, 1.54) is 6.26 Å². The zero-order chi connectivity index (χ0) is 12.5. The Labute approximate surface area is 102 Å². The van der Waals surface area contributed by atoms with Crippen molar-refractivity contribution in [1.29, 1.82) is 0 Å². The molecule has 1 N–H and O–H groups in total. The number of nitrogens with one attached hydrogen (secondary N) is 1. The highest BCUT2D eigenvalue weighted by molar-refractivity contribution is 7.90. The van der Waals surface area contributed by atoms with E-state index in [-0.39, 0.29) is 5.41 Å². The fourth-order valence-corrected chi connectivity index (χ4v) is 2.66. The van der Waals surface area contributed by atoms with Crippen LogP contribution in [0.5, 0.6) is 0 Å². The van der Waals surface area contributed by atoms with Gasteiger partial charge < -0.3 is 10.1 Å². The van der Waals surface area contributed by atoms with Gasteiger partial charge in [0, 0.05) is 18.2 Å². The summed E-state index contributed by atoms with van der Waals surface area (Å²) in [4.78, 5) is 0.351. The van der Waals surface area contributed by atoms with Gasteiger partial charge in [0.2, 0.25) is 0 Å². The Balaban J connectivity index is 2.16. The highest BCUT2D eigenvalue weighted by Crippen LogP contribution is 2.28. The second-order valence-electron chi connectivity index (χ2n) is 4.93. The fourth-order valence-electron chi connectivity index (χ4n) is 1.80. The first-order chi connectivity index (χ1) is 7.91. The van der Waals surface area contributed by atoms with Gasteiger partial charge in [-0.2, -0.15) is 0 Å². The largest absolute Gasteiger partial charge is 0.383 e. The maximum absolute atomic E-state index is 11.6. The monoisotopic (exact) mass is 255 g/mol. The summed E-state index contributed by atoms with van der Waals surface area (Å²) in [7, 11) is -3.18. The molecule has 1 aromatic rings. The van der Waals surface area contributed by atoms with Crippen molar-refractivity contribution in [2.75, 3.05) is 31.3 Å². The van der Waals surface area contributed by atoms with Crippen LogP contribution in [-0.2, 0) is 14.6 Å². The van der Waals surface area contributed by atoms with Gasteiger partial charge in [-0.05, 0) is 12.1 Å². The highest BCUT2D eigenvalue weighted by Gasteiger charge is 2.33. The molecule has 0 saturated carbocycles. The molecule has 1 heterocycles. The molecule has 0 amide bonds. The molecule has 0 aromatic heterocycles. The quantitative estimate of drug-likeness (QED) is 0.886. The Morgan fingerprint density at radius 1 is 1.35 bits per heavy atom. The van der Waals surface area contributed by atoms with Crippen LogP contribution in [-0.4, -0.2) is 34.4 Å². The van der Waals surface area contributed by atoms with E-state index in [4.69, 9.17) is 4.74 Å². The second kappa shape index (κ2) is 4.31. The summed E-state index contributed by atoms with van der Waals surface area (Å²) in [5.74, 6) is 0. The second-order valence-corrected chi connectivity index (χ2v) is 6.91. The summed E-state index contributed by atoms with van der Waals surface area (Å²) in [5.41, 5.74) is 0.785. The summed E-state index contributed by atoms with van der Waals surface area (Å²) < 4.78 is 28.4. The van der Waals surface area contributed by atoms with Gasteiger partial charge >= 0.3 is 0 Å². The van der Waals surface area contributed by atoms with E-state index in [1.807, 2.05) is 6.07 Å². The molecule has 1 fully saturated rings. The van der Waals surface area contributed by atoms with E-state index in [0.29, 0.717) is 10.6 Å². The molecule has 0 spiro atoms. The predicted octanol–water partition coefficient (Wildman–Crippen LogP) is 1.54. The maximum atomic E-state index is 11.6. The number of anilines is 1. The lowest BCUT2D eigenvalue weighted by molar-refractivity contribution is -0.0924. The minimum absolute atomic E-state index is 0.116. The van der Waals surface area contributed by atoms with Crippen molar-refractivity contribution >= 4 is 15.5 Å². The van der Waals surface area contributed by atoms with Crippen LogP contribution in [0.2, 0.25) is 0 Å². The zero-order valence-corrected chi connectivity index (χ0v) is 10.9. The van der Waals surface area contributed by atoms with Gasteiger partial charge in [-0.3, -0.25) is 0 Å². The normalized spacial score (nSPS) is 18.5. The zero-order valence-electron chi connectivity index (χ0n) is 10.1. The van der Waals surface area contributed by atoms with Crippen LogP contribution in [0.3, 0.4) is 0 Å². The Morgan fingerprint density at radius 2 is 2.00 bits per heavy atom. The lowest BCUT2D eigenvalue weighted by atomic mass is 9.89. The minimum atomic E-state index is -3.18. The molecule has 0 bridgehead atoms. The minimum Gasteiger partial charge on any atom is -0.383 e. The maximum Gasteiger partial charge on any atom is 0.177 e. The van der Waals surface area contributed by atoms with E-state index in [9.17, 15) is 8.42 Å². The lowest BCUT2D eigenvalue weighted by Crippen LogP contribution is -2.45. The van der Waals surface area contributed by atoms with E-state index in [2.05, 4.69) is 12.2 Å². The van der Waals surface area contributed by atoms with Gasteiger partial charge in [-0.25, -0.2) is 8.42 Å². The number of benzene rings is 1. The molecule has 1 saturated heterocycles. The van der Waals surface area contributed by atoms with E-state index >= 15 is 0 Å². The Kier molecular flexibility index (Phi) is 3.14. The molecule has 17 heavy (non-hydrogen) atoms. The van der Waals surface area contributed by atoms with Crippen LogP contribution in [0.1, 0.15) is 6.92 Å². The highest BCUT2D eigenvalue weighted by atomic mass is 32.2. The summed E-state index contributed by atoms with van der Waals surface area (Å²) in [6.07, 6.45) is 1.22. The molecule has 0 radical (unpaired) electrons.